The van der Waals surface area contributed by atoms with E-state index in [1.807, 2.05) is 29.8 Å². The van der Waals surface area contributed by atoms with Crippen LogP contribution in [0.2, 0.25) is 0 Å². The molecule has 2 aromatic rings. The summed E-state index contributed by atoms with van der Waals surface area (Å²) in [6, 6.07) is 8.17. The van der Waals surface area contributed by atoms with Gasteiger partial charge in [-0.15, -0.1) is 11.3 Å². The maximum atomic E-state index is 5.71. The van der Waals surface area contributed by atoms with Crippen LogP contribution in [0.25, 0.3) is 0 Å². The molecular formula is C16H20N2OS. The predicted octanol–water partition coefficient (Wildman–Crippen LogP) is 3.73. The molecule has 0 unspecified atom stereocenters. The summed E-state index contributed by atoms with van der Waals surface area (Å²) in [4.78, 5) is 6.71. The van der Waals surface area contributed by atoms with E-state index in [4.69, 9.17) is 4.74 Å². The van der Waals surface area contributed by atoms with Gasteiger partial charge >= 0.3 is 0 Å². The van der Waals surface area contributed by atoms with E-state index >= 15 is 0 Å². The SMILES string of the molecule is C=CCOc1ccccc1CN(CC)Cc1nccs1. The molecule has 0 atom stereocenters. The van der Waals surface area contributed by atoms with E-state index < -0.39 is 0 Å². The minimum atomic E-state index is 0.537. The van der Waals surface area contributed by atoms with Gasteiger partial charge in [0.2, 0.25) is 0 Å². The Morgan fingerprint density at radius 3 is 2.90 bits per heavy atom. The van der Waals surface area contributed by atoms with E-state index in [-0.39, 0.29) is 0 Å². The summed E-state index contributed by atoms with van der Waals surface area (Å²) in [5.74, 6) is 0.935. The van der Waals surface area contributed by atoms with Gasteiger partial charge in [0.15, 0.2) is 0 Å². The zero-order chi connectivity index (χ0) is 14.2. The monoisotopic (exact) mass is 288 g/mol. The van der Waals surface area contributed by atoms with Crippen LogP contribution >= 0.6 is 11.3 Å². The van der Waals surface area contributed by atoms with E-state index in [0.29, 0.717) is 6.61 Å². The number of hydrogen-bond donors (Lipinski definition) is 0. The molecule has 20 heavy (non-hydrogen) atoms. The Bertz CT molecular complexity index is 525. The van der Waals surface area contributed by atoms with E-state index in [2.05, 4.69) is 29.5 Å². The minimum Gasteiger partial charge on any atom is -0.489 e. The van der Waals surface area contributed by atoms with Gasteiger partial charge in [0, 0.05) is 23.7 Å². The van der Waals surface area contributed by atoms with Crippen molar-refractivity contribution in [3.8, 4) is 5.75 Å². The Kier molecular flexibility index (Phi) is 5.77. The quantitative estimate of drug-likeness (QED) is 0.692. The van der Waals surface area contributed by atoms with Gasteiger partial charge in [-0.3, -0.25) is 4.90 Å². The lowest BCUT2D eigenvalue weighted by atomic mass is 10.2. The second kappa shape index (κ2) is 7.82. The summed E-state index contributed by atoms with van der Waals surface area (Å²) in [5, 5.41) is 3.17. The van der Waals surface area contributed by atoms with Crippen molar-refractivity contribution in [2.45, 2.75) is 20.0 Å². The van der Waals surface area contributed by atoms with Crippen LogP contribution in [0, 0.1) is 0 Å². The lowest BCUT2D eigenvalue weighted by molar-refractivity contribution is 0.263. The van der Waals surface area contributed by atoms with Crippen molar-refractivity contribution in [3.63, 3.8) is 0 Å². The van der Waals surface area contributed by atoms with Crippen LogP contribution in [-0.4, -0.2) is 23.0 Å². The average molecular weight is 288 g/mol. The average Bonchev–Trinajstić information content (AvgIpc) is 2.98. The molecule has 0 saturated carbocycles. The molecule has 0 amide bonds. The molecular weight excluding hydrogens is 268 g/mol. The third-order valence-electron chi connectivity index (χ3n) is 3.01. The van der Waals surface area contributed by atoms with E-state index in [1.54, 1.807) is 17.4 Å². The van der Waals surface area contributed by atoms with Crippen LogP contribution in [-0.2, 0) is 13.1 Å². The van der Waals surface area contributed by atoms with Gasteiger partial charge in [-0.2, -0.15) is 0 Å². The molecule has 0 N–H and O–H groups in total. The highest BCUT2D eigenvalue weighted by Crippen LogP contribution is 2.21. The van der Waals surface area contributed by atoms with Gasteiger partial charge in [0.25, 0.3) is 0 Å². The summed E-state index contributed by atoms with van der Waals surface area (Å²) < 4.78 is 5.71. The van der Waals surface area contributed by atoms with Crippen LogP contribution in [0.4, 0.5) is 0 Å². The maximum absolute atomic E-state index is 5.71. The number of thiazole rings is 1. The first-order valence-corrected chi connectivity index (χ1v) is 7.63. The van der Waals surface area contributed by atoms with Gasteiger partial charge in [-0.05, 0) is 12.6 Å². The summed E-state index contributed by atoms with van der Waals surface area (Å²) in [5.41, 5.74) is 1.20. The number of para-hydroxylation sites is 1. The molecule has 0 aliphatic carbocycles. The number of benzene rings is 1. The molecule has 0 radical (unpaired) electrons. The molecule has 1 heterocycles. The standard InChI is InChI=1S/C16H20N2OS/c1-3-10-19-15-8-6-5-7-14(15)12-18(4-2)13-16-17-9-11-20-16/h3,5-9,11H,1,4,10,12-13H2,2H3. The Labute approximate surface area is 124 Å². The number of hydrogen-bond acceptors (Lipinski definition) is 4. The first-order valence-electron chi connectivity index (χ1n) is 6.75. The number of ether oxygens (including phenoxy) is 1. The molecule has 0 fully saturated rings. The Morgan fingerprint density at radius 1 is 1.35 bits per heavy atom. The van der Waals surface area contributed by atoms with Crippen molar-refractivity contribution < 1.29 is 4.74 Å². The normalized spacial score (nSPS) is 10.7. The lowest BCUT2D eigenvalue weighted by Gasteiger charge is -2.20. The van der Waals surface area contributed by atoms with E-state index in [1.165, 1.54) is 5.56 Å². The third-order valence-corrected chi connectivity index (χ3v) is 3.78. The maximum Gasteiger partial charge on any atom is 0.124 e. The second-order valence-corrected chi connectivity index (χ2v) is 5.42. The zero-order valence-electron chi connectivity index (χ0n) is 11.8. The molecule has 0 spiro atoms. The first kappa shape index (κ1) is 14.8. The molecule has 0 saturated heterocycles. The lowest BCUT2D eigenvalue weighted by Crippen LogP contribution is -2.22. The number of nitrogens with zero attached hydrogens (tertiary/aromatic N) is 2. The van der Waals surface area contributed by atoms with Crippen molar-refractivity contribution in [1.29, 1.82) is 0 Å². The smallest absolute Gasteiger partial charge is 0.124 e. The minimum absolute atomic E-state index is 0.537. The van der Waals surface area contributed by atoms with Crippen molar-refractivity contribution in [2.75, 3.05) is 13.2 Å². The highest BCUT2D eigenvalue weighted by atomic mass is 32.1. The topological polar surface area (TPSA) is 25.4 Å². The fourth-order valence-electron chi connectivity index (χ4n) is 1.97. The molecule has 1 aromatic carbocycles. The number of rotatable bonds is 8. The fourth-order valence-corrected chi connectivity index (χ4v) is 2.62. The van der Waals surface area contributed by atoms with E-state index in [9.17, 15) is 0 Å². The van der Waals surface area contributed by atoms with Crippen LogP contribution < -0.4 is 4.74 Å². The van der Waals surface area contributed by atoms with Gasteiger partial charge < -0.3 is 4.74 Å². The van der Waals surface area contributed by atoms with Crippen molar-refractivity contribution in [2.24, 2.45) is 0 Å². The van der Waals surface area contributed by atoms with Crippen molar-refractivity contribution in [1.82, 2.24) is 9.88 Å². The highest BCUT2D eigenvalue weighted by molar-refractivity contribution is 7.09. The van der Waals surface area contributed by atoms with Gasteiger partial charge in [-0.1, -0.05) is 37.8 Å². The Balaban J connectivity index is 2.04. The van der Waals surface area contributed by atoms with Crippen LogP contribution in [0.1, 0.15) is 17.5 Å². The number of aromatic nitrogens is 1. The molecule has 0 aliphatic heterocycles. The highest BCUT2D eigenvalue weighted by Gasteiger charge is 2.10. The summed E-state index contributed by atoms with van der Waals surface area (Å²) in [6.07, 6.45) is 3.62. The Hall–Kier alpha value is -1.65. The largest absolute Gasteiger partial charge is 0.489 e. The third kappa shape index (κ3) is 4.18. The first-order chi connectivity index (χ1) is 9.83. The Morgan fingerprint density at radius 2 is 2.20 bits per heavy atom. The molecule has 106 valence electrons. The molecule has 0 aliphatic rings. The molecule has 1 aromatic heterocycles. The summed E-state index contributed by atoms with van der Waals surface area (Å²) in [7, 11) is 0. The molecule has 3 nitrogen and oxygen atoms in total. The summed E-state index contributed by atoms with van der Waals surface area (Å²) in [6.45, 7) is 9.12. The van der Waals surface area contributed by atoms with Gasteiger partial charge in [0.1, 0.15) is 17.4 Å². The van der Waals surface area contributed by atoms with Crippen LogP contribution in [0.3, 0.4) is 0 Å². The second-order valence-electron chi connectivity index (χ2n) is 4.44. The van der Waals surface area contributed by atoms with Crippen molar-refractivity contribution in [3.05, 3.63) is 59.1 Å². The van der Waals surface area contributed by atoms with Crippen LogP contribution in [0.15, 0.2) is 48.5 Å². The van der Waals surface area contributed by atoms with E-state index in [0.717, 1.165) is 30.4 Å². The molecule has 0 bridgehead atoms. The van der Waals surface area contributed by atoms with Crippen molar-refractivity contribution >= 4 is 11.3 Å². The van der Waals surface area contributed by atoms with Crippen LogP contribution in [0.5, 0.6) is 5.75 Å². The fraction of sp³-hybridized carbons (Fsp3) is 0.312. The summed E-state index contributed by atoms with van der Waals surface area (Å²) >= 11 is 1.70. The predicted molar refractivity (Wildman–Crippen MR) is 84.0 cm³/mol. The zero-order valence-corrected chi connectivity index (χ0v) is 12.6. The van der Waals surface area contributed by atoms with Gasteiger partial charge in [0.05, 0.1) is 6.54 Å². The molecule has 4 heteroatoms. The van der Waals surface area contributed by atoms with Gasteiger partial charge in [-0.25, -0.2) is 4.98 Å². The molecule has 2 rings (SSSR count).